The highest BCUT2D eigenvalue weighted by Crippen LogP contribution is 2.24. The molecular weight excluding hydrogens is 274 g/mol. The average molecular weight is 294 g/mol. The van der Waals surface area contributed by atoms with E-state index in [4.69, 9.17) is 0 Å². The van der Waals surface area contributed by atoms with Crippen LogP contribution >= 0.6 is 27.7 Å². The first-order valence-corrected chi connectivity index (χ1v) is 7.97. The number of unbranched alkanes of at least 4 members (excludes halogenated alkanes) is 2. The highest BCUT2D eigenvalue weighted by Gasteiger charge is 2.20. The lowest BCUT2D eigenvalue weighted by atomic mass is 10.2. The molecule has 0 aromatic heterocycles. The van der Waals surface area contributed by atoms with Gasteiger partial charge in [0.05, 0.1) is 5.25 Å². The number of alkyl halides is 1. The van der Waals surface area contributed by atoms with Gasteiger partial charge in [-0.15, -0.1) is 11.8 Å². The predicted molar refractivity (Wildman–Crippen MR) is 70.8 cm³/mol. The maximum absolute atomic E-state index is 11.7. The molecule has 0 aromatic rings. The second-order valence-electron chi connectivity index (χ2n) is 3.90. The molecule has 2 nitrogen and oxygen atoms in total. The van der Waals surface area contributed by atoms with Crippen molar-refractivity contribution >= 4 is 33.6 Å². The highest BCUT2D eigenvalue weighted by molar-refractivity contribution is 9.09. The number of carbonyl (C=O) groups is 1. The Morgan fingerprint density at radius 1 is 1.33 bits per heavy atom. The monoisotopic (exact) mass is 293 g/mol. The molecule has 0 radical (unpaired) electrons. The Hall–Kier alpha value is 0.300. The first kappa shape index (κ1) is 13.4. The molecule has 4 heteroatoms. The molecule has 1 aliphatic heterocycles. The Bertz CT molecular complexity index is 183. The minimum atomic E-state index is 0.231. The van der Waals surface area contributed by atoms with Gasteiger partial charge in [0.25, 0.3) is 0 Å². The van der Waals surface area contributed by atoms with Crippen molar-refractivity contribution in [3.63, 3.8) is 0 Å². The fourth-order valence-electron chi connectivity index (χ4n) is 1.67. The van der Waals surface area contributed by atoms with Crippen molar-refractivity contribution in [2.75, 3.05) is 17.6 Å². The summed E-state index contributed by atoms with van der Waals surface area (Å²) >= 11 is 5.22. The van der Waals surface area contributed by atoms with E-state index in [-0.39, 0.29) is 11.2 Å². The van der Waals surface area contributed by atoms with Gasteiger partial charge in [-0.25, -0.2) is 0 Å². The van der Waals surface area contributed by atoms with Crippen LogP contribution in [0.2, 0.25) is 0 Å². The van der Waals surface area contributed by atoms with Gasteiger partial charge in [-0.2, -0.15) is 0 Å². The Balaban J connectivity index is 2.02. The van der Waals surface area contributed by atoms with Crippen molar-refractivity contribution in [1.29, 1.82) is 0 Å². The molecule has 0 saturated carbocycles. The van der Waals surface area contributed by atoms with E-state index in [1.165, 1.54) is 25.7 Å². The van der Waals surface area contributed by atoms with E-state index >= 15 is 0 Å². The quantitative estimate of drug-likeness (QED) is 0.603. The van der Waals surface area contributed by atoms with Crippen LogP contribution in [-0.2, 0) is 4.79 Å². The second-order valence-corrected chi connectivity index (χ2v) is 6.00. The van der Waals surface area contributed by atoms with Crippen LogP contribution in [0.15, 0.2) is 0 Å². The number of rotatable bonds is 6. The molecule has 0 aliphatic carbocycles. The molecule has 1 N–H and O–H groups in total. The van der Waals surface area contributed by atoms with E-state index in [2.05, 4.69) is 21.2 Å². The molecule has 1 fully saturated rings. The van der Waals surface area contributed by atoms with Crippen molar-refractivity contribution in [3.05, 3.63) is 0 Å². The van der Waals surface area contributed by atoms with Crippen molar-refractivity contribution in [2.24, 2.45) is 0 Å². The summed E-state index contributed by atoms with van der Waals surface area (Å²) in [6.45, 7) is 0.850. The van der Waals surface area contributed by atoms with Crippen molar-refractivity contribution in [2.45, 2.75) is 43.8 Å². The third kappa shape index (κ3) is 5.81. The van der Waals surface area contributed by atoms with Gasteiger partial charge in [0.1, 0.15) is 0 Å². The molecule has 1 heterocycles. The number of amides is 1. The SMILES string of the molecule is O=C(NCCCCCBr)C1CCCCS1. The van der Waals surface area contributed by atoms with E-state index in [0.717, 1.165) is 30.5 Å². The fraction of sp³-hybridized carbons (Fsp3) is 0.909. The molecule has 0 spiro atoms. The zero-order valence-electron chi connectivity index (χ0n) is 9.14. The maximum Gasteiger partial charge on any atom is 0.233 e. The standard InChI is InChI=1S/C11H20BrNOS/c12-7-3-1-4-8-13-11(14)10-6-2-5-9-15-10/h10H,1-9H2,(H,13,14). The molecule has 15 heavy (non-hydrogen) atoms. The van der Waals surface area contributed by atoms with Crippen LogP contribution < -0.4 is 5.32 Å². The van der Waals surface area contributed by atoms with Crippen LogP contribution in [0.5, 0.6) is 0 Å². The Morgan fingerprint density at radius 3 is 2.87 bits per heavy atom. The number of hydrogen-bond donors (Lipinski definition) is 1. The average Bonchev–Trinajstić information content (AvgIpc) is 2.30. The number of nitrogens with one attached hydrogen (secondary N) is 1. The van der Waals surface area contributed by atoms with Gasteiger partial charge < -0.3 is 5.32 Å². The summed E-state index contributed by atoms with van der Waals surface area (Å²) < 4.78 is 0. The lowest BCUT2D eigenvalue weighted by molar-refractivity contribution is -0.120. The first-order valence-electron chi connectivity index (χ1n) is 5.80. The van der Waals surface area contributed by atoms with Crippen LogP contribution in [0, 0.1) is 0 Å². The molecule has 1 saturated heterocycles. The third-order valence-electron chi connectivity index (χ3n) is 2.58. The zero-order chi connectivity index (χ0) is 10.9. The largest absolute Gasteiger partial charge is 0.355 e. The summed E-state index contributed by atoms with van der Waals surface area (Å²) in [7, 11) is 0. The van der Waals surface area contributed by atoms with Crippen LogP contribution in [0.1, 0.15) is 38.5 Å². The molecule has 0 aromatic carbocycles. The van der Waals surface area contributed by atoms with Crippen LogP contribution in [0.3, 0.4) is 0 Å². The van der Waals surface area contributed by atoms with Crippen LogP contribution in [0.25, 0.3) is 0 Å². The summed E-state index contributed by atoms with van der Waals surface area (Å²) in [6, 6.07) is 0. The molecular formula is C11H20BrNOS. The number of carbonyl (C=O) groups excluding carboxylic acids is 1. The van der Waals surface area contributed by atoms with Crippen LogP contribution in [-0.4, -0.2) is 28.8 Å². The minimum absolute atomic E-state index is 0.231. The molecule has 1 amide bonds. The molecule has 1 unspecified atom stereocenters. The second kappa shape index (κ2) is 8.45. The van der Waals surface area contributed by atoms with Crippen molar-refractivity contribution in [1.82, 2.24) is 5.32 Å². The minimum Gasteiger partial charge on any atom is -0.355 e. The molecule has 88 valence electrons. The first-order chi connectivity index (χ1) is 7.34. The fourth-order valence-corrected chi connectivity index (χ4v) is 3.29. The van der Waals surface area contributed by atoms with E-state index in [1.807, 2.05) is 11.8 Å². The lowest BCUT2D eigenvalue weighted by Gasteiger charge is -2.20. The Morgan fingerprint density at radius 2 is 2.20 bits per heavy atom. The maximum atomic E-state index is 11.7. The van der Waals surface area contributed by atoms with Gasteiger partial charge in [-0.05, 0) is 31.4 Å². The number of hydrogen-bond acceptors (Lipinski definition) is 2. The summed E-state index contributed by atoms with van der Waals surface area (Å²) in [5.41, 5.74) is 0. The van der Waals surface area contributed by atoms with Gasteiger partial charge in [0.2, 0.25) is 5.91 Å². The van der Waals surface area contributed by atoms with Gasteiger partial charge in [0, 0.05) is 11.9 Å². The van der Waals surface area contributed by atoms with Gasteiger partial charge in [0.15, 0.2) is 0 Å². The van der Waals surface area contributed by atoms with Gasteiger partial charge in [-0.1, -0.05) is 28.8 Å². The van der Waals surface area contributed by atoms with Crippen molar-refractivity contribution in [3.8, 4) is 0 Å². The molecule has 1 aliphatic rings. The summed E-state index contributed by atoms with van der Waals surface area (Å²) in [5, 5.41) is 4.34. The van der Waals surface area contributed by atoms with Crippen molar-refractivity contribution < 1.29 is 4.79 Å². The topological polar surface area (TPSA) is 29.1 Å². The van der Waals surface area contributed by atoms with Gasteiger partial charge in [-0.3, -0.25) is 4.79 Å². The predicted octanol–water partition coefficient (Wildman–Crippen LogP) is 2.95. The molecule has 1 atom stereocenters. The van der Waals surface area contributed by atoms with E-state index in [9.17, 15) is 4.79 Å². The van der Waals surface area contributed by atoms with Crippen LogP contribution in [0.4, 0.5) is 0 Å². The molecule has 0 bridgehead atoms. The van der Waals surface area contributed by atoms with E-state index in [0.29, 0.717) is 0 Å². The normalized spacial score (nSPS) is 21.3. The Kier molecular flexibility index (Phi) is 7.53. The van der Waals surface area contributed by atoms with E-state index in [1.54, 1.807) is 0 Å². The van der Waals surface area contributed by atoms with E-state index < -0.39 is 0 Å². The number of halogens is 1. The summed E-state index contributed by atoms with van der Waals surface area (Å²) in [4.78, 5) is 11.7. The Labute approximate surface area is 105 Å². The zero-order valence-corrected chi connectivity index (χ0v) is 11.5. The highest BCUT2D eigenvalue weighted by atomic mass is 79.9. The number of thioether (sulfide) groups is 1. The summed E-state index contributed by atoms with van der Waals surface area (Å²) in [5.74, 6) is 1.42. The third-order valence-corrected chi connectivity index (χ3v) is 4.52. The smallest absolute Gasteiger partial charge is 0.233 e. The summed E-state index contributed by atoms with van der Waals surface area (Å²) in [6.07, 6.45) is 7.07. The molecule has 1 rings (SSSR count). The van der Waals surface area contributed by atoms with Gasteiger partial charge >= 0.3 is 0 Å². The lowest BCUT2D eigenvalue weighted by Crippen LogP contribution is -2.34.